The molecule has 0 aromatic carbocycles. The van der Waals surface area contributed by atoms with Crippen LogP contribution < -0.4 is 0 Å². The molecule has 2 fully saturated rings. The molecular formula is C25H42N4O3. The van der Waals surface area contributed by atoms with Gasteiger partial charge >= 0.3 is 5.97 Å². The second-order valence-corrected chi connectivity index (χ2v) is 9.77. The fraction of sp³-hybridized carbons (Fsp3) is 0.800. The maximum absolute atomic E-state index is 12.7. The number of hydrogen-bond donors (Lipinski definition) is 1. The summed E-state index contributed by atoms with van der Waals surface area (Å²) in [4.78, 5) is 20.0. The van der Waals surface area contributed by atoms with Gasteiger partial charge in [-0.15, -0.1) is 0 Å². The second-order valence-electron chi connectivity index (χ2n) is 9.77. The minimum Gasteiger partial charge on any atom is -0.464 e. The fourth-order valence-corrected chi connectivity index (χ4v) is 5.03. The molecule has 0 aromatic rings. The molecule has 1 N–H and O–H groups in total. The Morgan fingerprint density at radius 3 is 2.47 bits per heavy atom. The highest BCUT2D eigenvalue weighted by atomic mass is 16.5. The lowest BCUT2D eigenvalue weighted by molar-refractivity contribution is -0.136. The molecule has 3 aliphatic rings. The number of ether oxygens (including phenoxy) is 1. The van der Waals surface area contributed by atoms with Gasteiger partial charge in [-0.25, -0.2) is 14.8 Å². The smallest absolute Gasteiger partial charge is 0.356 e. The second kappa shape index (κ2) is 11.9. The third-order valence-electron chi connectivity index (χ3n) is 7.22. The van der Waals surface area contributed by atoms with Crippen LogP contribution in [0, 0.1) is 11.8 Å². The van der Waals surface area contributed by atoms with Crippen molar-refractivity contribution >= 4 is 17.5 Å². The Morgan fingerprint density at radius 1 is 1.22 bits per heavy atom. The molecule has 0 aromatic heterocycles. The molecule has 1 atom stereocenters. The van der Waals surface area contributed by atoms with Crippen LogP contribution in [-0.2, 0) is 9.53 Å². The molecule has 1 saturated carbocycles. The van der Waals surface area contributed by atoms with Gasteiger partial charge in [-0.2, -0.15) is 5.10 Å². The van der Waals surface area contributed by atoms with Gasteiger partial charge in [0.15, 0.2) is 0 Å². The average Bonchev–Trinajstić information content (AvgIpc) is 3.26. The van der Waals surface area contributed by atoms with Gasteiger partial charge in [0, 0.05) is 24.8 Å². The molecule has 180 valence electrons. The molecular weight excluding hydrogens is 404 g/mol. The lowest BCUT2D eigenvalue weighted by atomic mass is 9.95. The van der Waals surface area contributed by atoms with Crippen LogP contribution in [-0.4, -0.2) is 71.4 Å². The van der Waals surface area contributed by atoms with Gasteiger partial charge in [-0.3, -0.25) is 4.90 Å². The summed E-state index contributed by atoms with van der Waals surface area (Å²) in [7, 11) is 1.42. The van der Waals surface area contributed by atoms with Gasteiger partial charge < -0.3 is 9.84 Å². The highest BCUT2D eigenvalue weighted by molar-refractivity contribution is 6.09. The molecule has 32 heavy (non-hydrogen) atoms. The van der Waals surface area contributed by atoms with Crippen LogP contribution in [0.15, 0.2) is 21.9 Å². The molecule has 1 saturated heterocycles. The number of hydrazone groups is 1. The summed E-state index contributed by atoms with van der Waals surface area (Å²) in [6.45, 7) is 8.60. The van der Waals surface area contributed by atoms with Gasteiger partial charge in [-0.1, -0.05) is 40.0 Å². The summed E-state index contributed by atoms with van der Waals surface area (Å²) >= 11 is 0. The van der Waals surface area contributed by atoms with E-state index in [9.17, 15) is 9.90 Å². The number of methoxy groups -OCH3 is 1. The topological polar surface area (TPSA) is 77.7 Å². The van der Waals surface area contributed by atoms with Crippen LogP contribution in [0.5, 0.6) is 0 Å². The van der Waals surface area contributed by atoms with E-state index in [4.69, 9.17) is 14.8 Å². The number of aliphatic hydroxyl groups excluding tert-OH is 1. The first-order valence-corrected chi connectivity index (χ1v) is 12.6. The lowest BCUT2D eigenvalue weighted by Gasteiger charge is -2.35. The molecule has 7 nitrogen and oxygen atoms in total. The predicted molar refractivity (Wildman–Crippen MR) is 129 cm³/mol. The maximum Gasteiger partial charge on any atom is 0.356 e. The minimum absolute atomic E-state index is 0.128. The van der Waals surface area contributed by atoms with E-state index < -0.39 is 0 Å². The largest absolute Gasteiger partial charge is 0.464 e. The summed E-state index contributed by atoms with van der Waals surface area (Å²) in [5.74, 6) is 1.24. The highest BCUT2D eigenvalue weighted by Gasteiger charge is 2.32. The van der Waals surface area contributed by atoms with Crippen LogP contribution >= 0.6 is 0 Å². The first-order valence-electron chi connectivity index (χ1n) is 12.6. The van der Waals surface area contributed by atoms with Crippen molar-refractivity contribution in [3.63, 3.8) is 0 Å². The van der Waals surface area contributed by atoms with Crippen LogP contribution in [0.25, 0.3) is 0 Å². The van der Waals surface area contributed by atoms with Crippen molar-refractivity contribution in [3.05, 3.63) is 11.8 Å². The number of likely N-dealkylation sites (tertiary alicyclic amines) is 1. The zero-order chi connectivity index (χ0) is 23.1. The fourth-order valence-electron chi connectivity index (χ4n) is 5.03. The van der Waals surface area contributed by atoms with Gasteiger partial charge in [0.25, 0.3) is 0 Å². The van der Waals surface area contributed by atoms with E-state index in [1.54, 1.807) is 0 Å². The van der Waals surface area contributed by atoms with E-state index in [0.29, 0.717) is 30.0 Å². The first-order chi connectivity index (χ1) is 15.5. The molecule has 2 aliphatic heterocycles. The predicted octanol–water partition coefficient (Wildman–Crippen LogP) is 3.98. The standard InChI is InChI=1S/C25H42N4O3/c1-5-20(28-13-11-19(17-30)12-14-28)15-23(25(31)32-4)26-24-16-22(18(2)3)27-29(24)21-9-7-6-8-10-21/h15,18-21,30H,5-14,16-17H2,1-4H3/b23-15-,26-24?. The van der Waals surface area contributed by atoms with E-state index in [-0.39, 0.29) is 18.6 Å². The Kier molecular flexibility index (Phi) is 9.29. The summed E-state index contributed by atoms with van der Waals surface area (Å²) < 4.78 is 5.12. The summed E-state index contributed by atoms with van der Waals surface area (Å²) in [5.41, 5.74) is 1.52. The molecule has 0 bridgehead atoms. The molecule has 1 aliphatic carbocycles. The molecule has 0 amide bonds. The number of nitrogens with zero attached hydrogens (tertiary/aromatic N) is 4. The number of carbonyl (C=O) groups is 1. The van der Waals surface area contributed by atoms with Crippen molar-refractivity contribution in [3.8, 4) is 0 Å². The van der Waals surface area contributed by atoms with Crippen molar-refractivity contribution in [1.29, 1.82) is 0 Å². The molecule has 0 radical (unpaired) electrons. The van der Waals surface area contributed by atoms with E-state index >= 15 is 0 Å². The number of amidine groups is 1. The molecule has 2 heterocycles. The summed E-state index contributed by atoms with van der Waals surface area (Å²) in [6, 6.07) is 0.500. The van der Waals surface area contributed by atoms with Gasteiger partial charge in [0.05, 0.1) is 13.2 Å². The van der Waals surface area contributed by atoms with E-state index in [2.05, 4.69) is 30.7 Å². The minimum atomic E-state index is -0.386. The number of hydrogen-bond acceptors (Lipinski definition) is 6. The Hall–Kier alpha value is -1.73. The number of carbonyl (C=O) groups excluding carboxylic acids is 1. The number of esters is 1. The Morgan fingerprint density at radius 2 is 1.91 bits per heavy atom. The quantitative estimate of drug-likeness (QED) is 0.451. The van der Waals surface area contributed by atoms with Crippen molar-refractivity contribution in [2.24, 2.45) is 21.9 Å². The zero-order valence-electron chi connectivity index (χ0n) is 20.4. The molecule has 7 heteroatoms. The van der Waals surface area contributed by atoms with Crippen molar-refractivity contribution in [2.75, 3.05) is 26.8 Å². The van der Waals surface area contributed by atoms with E-state index in [1.807, 2.05) is 6.08 Å². The van der Waals surface area contributed by atoms with Crippen LogP contribution in [0.3, 0.4) is 0 Å². The number of aliphatic hydroxyl groups is 1. The molecule has 3 rings (SSSR count). The first kappa shape index (κ1) is 24.9. The summed E-state index contributed by atoms with van der Waals surface area (Å²) in [5, 5.41) is 16.5. The molecule has 0 spiro atoms. The van der Waals surface area contributed by atoms with Gasteiger partial charge in [0.1, 0.15) is 11.5 Å². The normalized spacial score (nSPS) is 24.3. The number of piperidine rings is 1. The van der Waals surface area contributed by atoms with Gasteiger partial charge in [0.2, 0.25) is 0 Å². The number of aliphatic imine (C=N–C) groups is 1. The van der Waals surface area contributed by atoms with Crippen LogP contribution in [0.2, 0.25) is 0 Å². The van der Waals surface area contributed by atoms with E-state index in [1.165, 1.54) is 26.4 Å². The average molecular weight is 447 g/mol. The lowest BCUT2D eigenvalue weighted by Crippen LogP contribution is -2.41. The van der Waals surface area contributed by atoms with Crippen LogP contribution in [0.1, 0.15) is 78.6 Å². The highest BCUT2D eigenvalue weighted by Crippen LogP contribution is 2.29. The Bertz CT molecular complexity index is 717. The third kappa shape index (κ3) is 6.19. The van der Waals surface area contributed by atoms with Gasteiger partial charge in [-0.05, 0) is 63.1 Å². The third-order valence-corrected chi connectivity index (χ3v) is 7.22. The van der Waals surface area contributed by atoms with Crippen molar-refractivity contribution < 1.29 is 14.6 Å². The zero-order valence-corrected chi connectivity index (χ0v) is 20.4. The Balaban J connectivity index is 1.85. The van der Waals surface area contributed by atoms with Crippen molar-refractivity contribution in [2.45, 2.75) is 90.6 Å². The number of rotatable bonds is 8. The van der Waals surface area contributed by atoms with E-state index in [0.717, 1.165) is 56.7 Å². The molecule has 1 unspecified atom stereocenters. The van der Waals surface area contributed by atoms with Crippen LogP contribution in [0.4, 0.5) is 0 Å². The maximum atomic E-state index is 12.7. The Labute approximate surface area is 193 Å². The SMILES string of the molecule is CCC(/C=C(\N=C1CC(C(C)C)=NN1C1CCCCC1)C(=O)OC)N1CCC(CO)CC1. The van der Waals surface area contributed by atoms with Crippen molar-refractivity contribution in [1.82, 2.24) is 9.91 Å². The monoisotopic (exact) mass is 446 g/mol. The summed E-state index contributed by atoms with van der Waals surface area (Å²) in [6.07, 6.45) is 11.6.